The van der Waals surface area contributed by atoms with Crippen LogP contribution in [0, 0.1) is 0 Å². The normalized spacial score (nSPS) is 10.6. The molecule has 0 unspecified atom stereocenters. The third-order valence-corrected chi connectivity index (χ3v) is 2.44. The summed E-state index contributed by atoms with van der Waals surface area (Å²) < 4.78 is 29.8. The van der Waals surface area contributed by atoms with Gasteiger partial charge in [0.05, 0.1) is 19.4 Å². The molecular weight excluding hydrogens is 256 g/mol. The molecule has 1 aromatic rings. The van der Waals surface area contributed by atoms with Crippen LogP contribution in [0.15, 0.2) is 10.9 Å². The minimum absolute atomic E-state index is 0.0898. The SMILES string of the molecule is COC(=O)Cc1c(C(F)F)cc(CCl)[nH]c1=O. The molecule has 0 atom stereocenters. The van der Waals surface area contributed by atoms with E-state index in [1.807, 2.05) is 0 Å². The van der Waals surface area contributed by atoms with Crippen LogP contribution in [0.5, 0.6) is 0 Å². The molecular formula is C10H10ClF2NO3. The number of aromatic nitrogens is 1. The van der Waals surface area contributed by atoms with Gasteiger partial charge >= 0.3 is 5.97 Å². The van der Waals surface area contributed by atoms with Gasteiger partial charge in [0.2, 0.25) is 0 Å². The van der Waals surface area contributed by atoms with E-state index in [2.05, 4.69) is 9.72 Å². The Balaban J connectivity index is 3.27. The Morgan fingerprint density at radius 2 is 2.24 bits per heavy atom. The van der Waals surface area contributed by atoms with Crippen molar-refractivity contribution in [3.05, 3.63) is 33.2 Å². The van der Waals surface area contributed by atoms with Crippen molar-refractivity contribution in [3.8, 4) is 0 Å². The number of nitrogens with one attached hydrogen (secondary N) is 1. The van der Waals surface area contributed by atoms with Crippen molar-refractivity contribution in [2.75, 3.05) is 7.11 Å². The lowest BCUT2D eigenvalue weighted by Gasteiger charge is -2.08. The Bertz CT molecular complexity index is 473. The van der Waals surface area contributed by atoms with Crippen molar-refractivity contribution in [3.63, 3.8) is 0 Å². The number of methoxy groups -OCH3 is 1. The molecule has 1 heterocycles. The summed E-state index contributed by atoms with van der Waals surface area (Å²) in [5.41, 5.74) is -1.35. The number of rotatable bonds is 4. The highest BCUT2D eigenvalue weighted by Crippen LogP contribution is 2.22. The van der Waals surface area contributed by atoms with Gasteiger partial charge in [-0.3, -0.25) is 9.59 Å². The van der Waals surface area contributed by atoms with Crippen molar-refractivity contribution in [2.45, 2.75) is 18.7 Å². The van der Waals surface area contributed by atoms with Crippen LogP contribution in [0.25, 0.3) is 0 Å². The first-order valence-electron chi connectivity index (χ1n) is 4.65. The fraction of sp³-hybridized carbons (Fsp3) is 0.400. The van der Waals surface area contributed by atoms with E-state index in [0.29, 0.717) is 0 Å². The van der Waals surface area contributed by atoms with Gasteiger partial charge in [0.25, 0.3) is 12.0 Å². The predicted molar refractivity (Wildman–Crippen MR) is 57.3 cm³/mol. The fourth-order valence-corrected chi connectivity index (χ4v) is 1.47. The van der Waals surface area contributed by atoms with E-state index < -0.39 is 29.9 Å². The van der Waals surface area contributed by atoms with Gasteiger partial charge in [-0.05, 0) is 6.07 Å². The van der Waals surface area contributed by atoms with E-state index in [1.165, 1.54) is 0 Å². The molecule has 0 bridgehead atoms. The van der Waals surface area contributed by atoms with Crippen LogP contribution in [0.1, 0.15) is 23.2 Å². The molecule has 0 spiro atoms. The highest BCUT2D eigenvalue weighted by atomic mass is 35.5. The summed E-state index contributed by atoms with van der Waals surface area (Å²) in [4.78, 5) is 24.9. The van der Waals surface area contributed by atoms with Crippen molar-refractivity contribution in [1.29, 1.82) is 0 Å². The molecule has 0 aliphatic heterocycles. The Labute approximate surface area is 101 Å². The molecule has 4 nitrogen and oxygen atoms in total. The lowest BCUT2D eigenvalue weighted by atomic mass is 10.1. The van der Waals surface area contributed by atoms with Crippen molar-refractivity contribution in [1.82, 2.24) is 4.98 Å². The molecule has 0 saturated carbocycles. The summed E-state index contributed by atoms with van der Waals surface area (Å²) in [6.45, 7) is 0. The number of carbonyl (C=O) groups is 1. The van der Waals surface area contributed by atoms with Gasteiger partial charge in [0.1, 0.15) is 0 Å². The van der Waals surface area contributed by atoms with Gasteiger partial charge in [-0.2, -0.15) is 0 Å². The van der Waals surface area contributed by atoms with Gasteiger partial charge in [-0.25, -0.2) is 8.78 Å². The number of pyridine rings is 1. The fourth-order valence-electron chi connectivity index (χ4n) is 1.33. The molecule has 0 aliphatic rings. The molecule has 0 aliphatic carbocycles. The third kappa shape index (κ3) is 3.26. The van der Waals surface area contributed by atoms with Crippen LogP contribution < -0.4 is 5.56 Å². The van der Waals surface area contributed by atoms with Crippen LogP contribution in [0.3, 0.4) is 0 Å². The van der Waals surface area contributed by atoms with Crippen LogP contribution >= 0.6 is 11.6 Å². The zero-order chi connectivity index (χ0) is 13.0. The molecule has 0 amide bonds. The van der Waals surface area contributed by atoms with Gasteiger partial charge in [-0.1, -0.05) is 0 Å². The van der Waals surface area contributed by atoms with Crippen molar-refractivity contribution >= 4 is 17.6 Å². The number of H-pyrrole nitrogens is 1. The molecule has 1 rings (SSSR count). The minimum atomic E-state index is -2.85. The lowest BCUT2D eigenvalue weighted by Crippen LogP contribution is -2.21. The Morgan fingerprint density at radius 3 is 2.71 bits per heavy atom. The van der Waals surface area contributed by atoms with Gasteiger partial charge < -0.3 is 9.72 Å². The maximum Gasteiger partial charge on any atom is 0.310 e. The predicted octanol–water partition coefficient (Wildman–Crippen LogP) is 1.77. The molecule has 0 fully saturated rings. The van der Waals surface area contributed by atoms with Crippen molar-refractivity contribution < 1.29 is 18.3 Å². The van der Waals surface area contributed by atoms with E-state index in [0.717, 1.165) is 13.2 Å². The quantitative estimate of drug-likeness (QED) is 0.667. The number of aromatic amines is 1. The van der Waals surface area contributed by atoms with Gasteiger partial charge in [0, 0.05) is 16.8 Å². The highest BCUT2D eigenvalue weighted by Gasteiger charge is 2.19. The van der Waals surface area contributed by atoms with Crippen LogP contribution in [-0.2, 0) is 21.8 Å². The topological polar surface area (TPSA) is 59.2 Å². The van der Waals surface area contributed by atoms with Gasteiger partial charge in [0.15, 0.2) is 0 Å². The van der Waals surface area contributed by atoms with E-state index in [1.54, 1.807) is 0 Å². The number of hydrogen-bond donors (Lipinski definition) is 1. The molecule has 0 aromatic carbocycles. The largest absolute Gasteiger partial charge is 0.469 e. The van der Waals surface area contributed by atoms with E-state index in [9.17, 15) is 18.4 Å². The third-order valence-electron chi connectivity index (χ3n) is 2.15. The smallest absolute Gasteiger partial charge is 0.310 e. The monoisotopic (exact) mass is 265 g/mol. The summed E-state index contributed by atoms with van der Waals surface area (Å²) >= 11 is 5.45. The molecule has 17 heavy (non-hydrogen) atoms. The summed E-state index contributed by atoms with van der Waals surface area (Å²) in [7, 11) is 1.12. The summed E-state index contributed by atoms with van der Waals surface area (Å²) in [5, 5.41) is 0. The number of hydrogen-bond acceptors (Lipinski definition) is 3. The number of esters is 1. The molecule has 0 radical (unpaired) electrons. The molecule has 0 saturated heterocycles. The summed E-state index contributed by atoms with van der Waals surface area (Å²) in [6.07, 6.45) is -3.34. The second-order valence-corrected chi connectivity index (χ2v) is 3.51. The molecule has 7 heteroatoms. The number of halogens is 3. The first-order valence-corrected chi connectivity index (χ1v) is 5.19. The van der Waals surface area contributed by atoms with Gasteiger partial charge in [-0.15, -0.1) is 11.6 Å². The second kappa shape index (κ2) is 5.77. The van der Waals surface area contributed by atoms with Crippen LogP contribution in [-0.4, -0.2) is 18.1 Å². The molecule has 94 valence electrons. The highest BCUT2D eigenvalue weighted by molar-refractivity contribution is 6.16. The average molecular weight is 266 g/mol. The lowest BCUT2D eigenvalue weighted by molar-refractivity contribution is -0.139. The average Bonchev–Trinajstić information content (AvgIpc) is 2.30. The van der Waals surface area contributed by atoms with Crippen LogP contribution in [0.4, 0.5) is 8.78 Å². The number of alkyl halides is 3. The summed E-state index contributed by atoms with van der Waals surface area (Å²) in [6, 6.07) is 1.08. The zero-order valence-electron chi connectivity index (χ0n) is 8.93. The van der Waals surface area contributed by atoms with E-state index in [-0.39, 0.29) is 17.1 Å². The second-order valence-electron chi connectivity index (χ2n) is 3.24. The molecule has 1 N–H and O–H groups in total. The van der Waals surface area contributed by atoms with Crippen LogP contribution in [0.2, 0.25) is 0 Å². The minimum Gasteiger partial charge on any atom is -0.469 e. The number of carbonyl (C=O) groups excluding carboxylic acids is 1. The first-order chi connectivity index (χ1) is 7.99. The Kier molecular flexibility index (Phi) is 4.62. The number of ether oxygens (including phenoxy) is 1. The van der Waals surface area contributed by atoms with Crippen molar-refractivity contribution in [2.24, 2.45) is 0 Å². The van der Waals surface area contributed by atoms with E-state index in [4.69, 9.17) is 11.6 Å². The maximum absolute atomic E-state index is 12.7. The Morgan fingerprint density at radius 1 is 1.59 bits per heavy atom. The molecule has 1 aromatic heterocycles. The van der Waals surface area contributed by atoms with E-state index >= 15 is 0 Å². The first kappa shape index (κ1) is 13.6. The zero-order valence-corrected chi connectivity index (χ0v) is 9.68. The summed E-state index contributed by atoms with van der Waals surface area (Å²) in [5.74, 6) is -0.843. The maximum atomic E-state index is 12.7. The standard InChI is InChI=1S/C10H10ClF2NO3/c1-17-8(15)3-7-6(9(12)13)2-5(4-11)14-10(7)16/h2,9H,3-4H2,1H3,(H,14,16). The Hall–Kier alpha value is -1.43.